The average molecular weight is 463 g/mol. The lowest BCUT2D eigenvalue weighted by Crippen LogP contribution is -1.95. The molecule has 0 unspecified atom stereocenters. The maximum absolute atomic E-state index is 9.96. The number of aromatic nitrogens is 2. The van der Waals surface area contributed by atoms with E-state index in [1.807, 2.05) is 50.2 Å². The number of phenols is 1. The first-order valence-corrected chi connectivity index (χ1v) is 10.4. The molecule has 0 spiro atoms. The second-order valence-electron chi connectivity index (χ2n) is 7.16. The van der Waals surface area contributed by atoms with Gasteiger partial charge in [0.15, 0.2) is 0 Å². The Morgan fingerprint density at radius 2 is 1.85 bits per heavy atom. The lowest BCUT2D eigenvalue weighted by atomic mass is 10.1. The number of carbonyl (C=O) groups is 1. The second-order valence-corrected chi connectivity index (χ2v) is 7.59. The third-order valence-corrected chi connectivity index (χ3v) is 4.74. The number of nitrogens with two attached hydrogens (primary N) is 1. The van der Waals surface area contributed by atoms with Crippen molar-refractivity contribution in [2.75, 3.05) is 11.1 Å². The number of carbonyl (C=O) groups excluding carboxylic acids is 1. The van der Waals surface area contributed by atoms with Crippen LogP contribution in [-0.2, 0) is 4.79 Å². The van der Waals surface area contributed by atoms with Crippen LogP contribution in [0.25, 0.3) is 11.1 Å². The molecule has 8 heteroatoms. The number of aryl methyl sites for hydroxylation is 2. The predicted molar refractivity (Wildman–Crippen MR) is 131 cm³/mol. The Morgan fingerprint density at radius 3 is 2.58 bits per heavy atom. The molecule has 0 bridgehead atoms. The Balaban J connectivity index is 0.000000235. The fraction of sp³-hybridized carbons (Fsp3) is 0.0800. The Bertz CT molecular complexity index is 1240. The Kier molecular flexibility index (Phi) is 7.83. The quantitative estimate of drug-likeness (QED) is 0.326. The lowest BCUT2D eigenvalue weighted by Gasteiger charge is -2.12. The van der Waals surface area contributed by atoms with Gasteiger partial charge in [0, 0.05) is 34.7 Å². The first-order valence-electron chi connectivity index (χ1n) is 9.97. The molecule has 4 aromatic rings. The average Bonchev–Trinajstić information content (AvgIpc) is 2.77. The highest BCUT2D eigenvalue weighted by Crippen LogP contribution is 2.33. The van der Waals surface area contributed by atoms with Gasteiger partial charge in [-0.2, -0.15) is 0 Å². The fourth-order valence-electron chi connectivity index (χ4n) is 2.95. The third-order valence-electron chi connectivity index (χ3n) is 4.52. The van der Waals surface area contributed by atoms with Crippen LogP contribution in [0.4, 0.5) is 11.5 Å². The number of nitrogen functional groups attached to an aromatic ring is 1. The summed E-state index contributed by atoms with van der Waals surface area (Å²) in [5, 5.41) is 11.7. The largest absolute Gasteiger partial charge is 0.508 e. The van der Waals surface area contributed by atoms with Gasteiger partial charge in [-0.05, 0) is 73.0 Å². The molecule has 0 aliphatic heterocycles. The molecule has 1 amide bonds. The van der Waals surface area contributed by atoms with E-state index in [2.05, 4.69) is 21.4 Å². The van der Waals surface area contributed by atoms with Crippen molar-refractivity contribution in [1.82, 2.24) is 9.97 Å². The van der Waals surface area contributed by atoms with Crippen LogP contribution in [0.1, 0.15) is 11.1 Å². The van der Waals surface area contributed by atoms with Crippen molar-refractivity contribution in [3.8, 4) is 28.5 Å². The van der Waals surface area contributed by atoms with Crippen molar-refractivity contribution in [2.45, 2.75) is 13.8 Å². The molecule has 33 heavy (non-hydrogen) atoms. The minimum atomic E-state index is 0.0295. The number of ether oxygens (including phenoxy) is 1. The maximum Gasteiger partial charge on any atom is 0.227 e. The Morgan fingerprint density at radius 1 is 1.03 bits per heavy atom. The minimum absolute atomic E-state index is 0.0295. The predicted octanol–water partition coefficient (Wildman–Crippen LogP) is 5.75. The summed E-state index contributed by atoms with van der Waals surface area (Å²) in [7, 11) is 0. The number of nitrogens with one attached hydrogen (secondary N) is 1. The zero-order valence-corrected chi connectivity index (χ0v) is 18.9. The van der Waals surface area contributed by atoms with Crippen molar-refractivity contribution in [3.05, 3.63) is 89.2 Å². The number of halogens is 1. The van der Waals surface area contributed by atoms with Crippen LogP contribution in [0.5, 0.6) is 17.4 Å². The van der Waals surface area contributed by atoms with Gasteiger partial charge in [0.2, 0.25) is 12.3 Å². The molecule has 4 rings (SSSR count). The minimum Gasteiger partial charge on any atom is -0.508 e. The van der Waals surface area contributed by atoms with E-state index in [0.717, 1.165) is 28.0 Å². The summed E-state index contributed by atoms with van der Waals surface area (Å²) in [6, 6.07) is 18.0. The van der Waals surface area contributed by atoms with E-state index >= 15 is 0 Å². The first-order chi connectivity index (χ1) is 15.9. The molecule has 2 aromatic carbocycles. The number of hydrogen-bond donors (Lipinski definition) is 3. The number of benzene rings is 2. The second kappa shape index (κ2) is 11.0. The van der Waals surface area contributed by atoms with E-state index in [1.54, 1.807) is 12.4 Å². The molecule has 0 atom stereocenters. The van der Waals surface area contributed by atoms with Gasteiger partial charge < -0.3 is 20.9 Å². The van der Waals surface area contributed by atoms with E-state index in [1.165, 1.54) is 18.2 Å². The number of anilines is 2. The van der Waals surface area contributed by atoms with Gasteiger partial charge in [-0.15, -0.1) is 0 Å². The van der Waals surface area contributed by atoms with E-state index in [-0.39, 0.29) is 5.75 Å². The number of aromatic hydroxyl groups is 1. The van der Waals surface area contributed by atoms with Crippen LogP contribution >= 0.6 is 11.6 Å². The lowest BCUT2D eigenvalue weighted by molar-refractivity contribution is -0.105. The first kappa shape index (κ1) is 23.6. The van der Waals surface area contributed by atoms with Gasteiger partial charge in [-0.3, -0.25) is 4.79 Å². The van der Waals surface area contributed by atoms with E-state index in [0.29, 0.717) is 28.8 Å². The zero-order chi connectivity index (χ0) is 23.8. The van der Waals surface area contributed by atoms with Gasteiger partial charge in [0.05, 0.1) is 0 Å². The summed E-state index contributed by atoms with van der Waals surface area (Å²) in [6.45, 7) is 4.05. The molecule has 7 nitrogen and oxygen atoms in total. The summed E-state index contributed by atoms with van der Waals surface area (Å²) >= 11 is 5.57. The van der Waals surface area contributed by atoms with Gasteiger partial charge in [-0.25, -0.2) is 9.97 Å². The van der Waals surface area contributed by atoms with Gasteiger partial charge in [-0.1, -0.05) is 23.7 Å². The molecular formula is C25H23ClN4O3. The molecule has 0 radical (unpaired) electrons. The standard InChI is InChI=1S/C18H17N3O.C7H6ClNO2/c1-12-5-6-13(2)16(10-12)22-18-15(4-3-8-21-18)14-7-9-20-17(19)11-14;8-5-1-6(9-4-10)3-7(11)2-5/h3-11H,1-2H3,(H2,19,20);1-4,11H,(H,9,10). The molecule has 4 N–H and O–H groups in total. The molecule has 0 aliphatic carbocycles. The summed E-state index contributed by atoms with van der Waals surface area (Å²) in [4.78, 5) is 18.3. The molecule has 0 fully saturated rings. The highest BCUT2D eigenvalue weighted by Gasteiger charge is 2.10. The van der Waals surface area contributed by atoms with Crippen LogP contribution in [0.3, 0.4) is 0 Å². The van der Waals surface area contributed by atoms with E-state index in [4.69, 9.17) is 27.2 Å². The number of pyridine rings is 2. The van der Waals surface area contributed by atoms with Gasteiger partial charge in [0.25, 0.3) is 0 Å². The van der Waals surface area contributed by atoms with Crippen molar-refractivity contribution >= 4 is 29.5 Å². The third kappa shape index (κ3) is 6.69. The zero-order valence-electron chi connectivity index (χ0n) is 18.1. The van der Waals surface area contributed by atoms with Crippen molar-refractivity contribution < 1.29 is 14.6 Å². The molecular weight excluding hydrogens is 440 g/mol. The number of amides is 1. The molecule has 0 aliphatic rings. The van der Waals surface area contributed by atoms with E-state index < -0.39 is 0 Å². The molecule has 0 saturated carbocycles. The maximum atomic E-state index is 9.96. The summed E-state index contributed by atoms with van der Waals surface area (Å²) in [5.41, 5.74) is 10.3. The monoisotopic (exact) mass is 462 g/mol. The molecule has 0 saturated heterocycles. The van der Waals surface area contributed by atoms with Crippen LogP contribution < -0.4 is 15.8 Å². The SMILES string of the molecule is Cc1ccc(C)c(Oc2ncccc2-c2ccnc(N)c2)c1.O=CNc1cc(O)cc(Cl)c1. The molecule has 168 valence electrons. The number of hydrogen-bond acceptors (Lipinski definition) is 6. The van der Waals surface area contributed by atoms with E-state index in [9.17, 15) is 4.79 Å². The van der Waals surface area contributed by atoms with Gasteiger partial charge in [0.1, 0.15) is 17.3 Å². The van der Waals surface area contributed by atoms with Gasteiger partial charge >= 0.3 is 0 Å². The Hall–Kier alpha value is -4.10. The number of phenolic OH excluding ortho intramolecular Hbond substituents is 1. The number of rotatable bonds is 5. The topological polar surface area (TPSA) is 110 Å². The van der Waals surface area contributed by atoms with Crippen molar-refractivity contribution in [1.29, 1.82) is 0 Å². The highest BCUT2D eigenvalue weighted by molar-refractivity contribution is 6.31. The fourth-order valence-corrected chi connectivity index (χ4v) is 3.18. The van der Waals surface area contributed by atoms with Crippen LogP contribution in [0.15, 0.2) is 73.1 Å². The van der Waals surface area contributed by atoms with Crippen molar-refractivity contribution in [3.63, 3.8) is 0 Å². The number of nitrogens with zero attached hydrogens (tertiary/aromatic N) is 2. The normalized spacial score (nSPS) is 10.0. The van der Waals surface area contributed by atoms with Crippen molar-refractivity contribution in [2.24, 2.45) is 0 Å². The molecule has 2 aromatic heterocycles. The summed E-state index contributed by atoms with van der Waals surface area (Å²) in [5.74, 6) is 1.87. The summed E-state index contributed by atoms with van der Waals surface area (Å²) in [6.07, 6.45) is 3.92. The highest BCUT2D eigenvalue weighted by atomic mass is 35.5. The van der Waals surface area contributed by atoms with Crippen LogP contribution in [0, 0.1) is 13.8 Å². The van der Waals surface area contributed by atoms with Crippen LogP contribution in [0.2, 0.25) is 5.02 Å². The smallest absolute Gasteiger partial charge is 0.227 e. The van der Waals surface area contributed by atoms with Crippen LogP contribution in [-0.4, -0.2) is 21.5 Å². The molecule has 2 heterocycles. The summed E-state index contributed by atoms with van der Waals surface area (Å²) < 4.78 is 6.04. The Labute approximate surface area is 196 Å².